The summed E-state index contributed by atoms with van der Waals surface area (Å²) in [6.07, 6.45) is 2.17. The summed E-state index contributed by atoms with van der Waals surface area (Å²) in [6, 6.07) is 4.67. The van der Waals surface area contributed by atoms with Gasteiger partial charge in [-0.05, 0) is 37.5 Å². The average Bonchev–Trinajstić information content (AvgIpc) is 2.64. The zero-order valence-corrected chi connectivity index (χ0v) is 18.0. The number of carbonyl (C=O) groups excluding carboxylic acids is 1. The lowest BCUT2D eigenvalue weighted by atomic mass is 10.2. The first-order chi connectivity index (χ1) is 13.1. The molecular weight excluding hydrogens is 425 g/mol. The number of aryl methyl sites for hydroxylation is 1. The third kappa shape index (κ3) is 4.74. The highest BCUT2D eigenvalue weighted by Gasteiger charge is 2.26. The second-order valence-electron chi connectivity index (χ2n) is 6.28. The van der Waals surface area contributed by atoms with Gasteiger partial charge in [-0.2, -0.15) is 5.10 Å². The van der Waals surface area contributed by atoms with Crippen molar-refractivity contribution in [1.29, 1.82) is 0 Å². The Morgan fingerprint density at radius 2 is 1.89 bits per heavy atom. The largest absolute Gasteiger partial charge is 0.324 e. The Balaban J connectivity index is 2.27. The van der Waals surface area contributed by atoms with Gasteiger partial charge in [-0.3, -0.25) is 9.59 Å². The van der Waals surface area contributed by atoms with Crippen molar-refractivity contribution in [2.45, 2.75) is 50.3 Å². The number of aromatic nitrogens is 2. The smallest absolute Gasteiger partial charge is 0.287 e. The normalized spacial score (nSPS) is 11.6. The van der Waals surface area contributed by atoms with Crippen LogP contribution in [0.1, 0.15) is 32.3 Å². The van der Waals surface area contributed by atoms with E-state index in [9.17, 15) is 18.0 Å². The number of nitrogens with one attached hydrogen (secondary N) is 1. The van der Waals surface area contributed by atoms with Crippen molar-refractivity contribution >= 4 is 44.6 Å². The number of sulfone groups is 1. The second kappa shape index (κ2) is 9.07. The number of nitrogens with zero attached hydrogens (tertiary/aromatic N) is 2. The minimum Gasteiger partial charge on any atom is -0.324 e. The van der Waals surface area contributed by atoms with Gasteiger partial charge in [-0.1, -0.05) is 43.1 Å². The fraction of sp³-hybridized carbons (Fsp3) is 0.389. The number of halogens is 2. The first-order valence-electron chi connectivity index (χ1n) is 8.67. The molecule has 0 bridgehead atoms. The molecule has 0 spiro atoms. The van der Waals surface area contributed by atoms with E-state index >= 15 is 0 Å². The van der Waals surface area contributed by atoms with Gasteiger partial charge in [0.25, 0.3) is 5.56 Å². The highest BCUT2D eigenvalue weighted by molar-refractivity contribution is 7.92. The summed E-state index contributed by atoms with van der Waals surface area (Å²) in [5.74, 6) is -0.553. The number of anilines is 1. The predicted molar refractivity (Wildman–Crippen MR) is 110 cm³/mol. The van der Waals surface area contributed by atoms with E-state index in [-0.39, 0.29) is 14.9 Å². The number of benzene rings is 1. The van der Waals surface area contributed by atoms with Crippen molar-refractivity contribution in [3.8, 4) is 0 Å². The molecule has 10 heteroatoms. The maximum Gasteiger partial charge on any atom is 0.287 e. The average molecular weight is 446 g/mol. The molecule has 152 valence electrons. The number of hydrogen-bond donors (Lipinski definition) is 1. The molecule has 1 aromatic heterocycles. The van der Waals surface area contributed by atoms with E-state index in [0.29, 0.717) is 24.1 Å². The maximum absolute atomic E-state index is 12.9. The molecule has 0 aliphatic rings. The van der Waals surface area contributed by atoms with Crippen molar-refractivity contribution in [3.05, 3.63) is 50.4 Å². The molecular formula is C18H21Cl2N3O4S. The monoisotopic (exact) mass is 445 g/mol. The summed E-state index contributed by atoms with van der Waals surface area (Å²) in [5, 5.41) is 5.64. The van der Waals surface area contributed by atoms with Gasteiger partial charge in [-0.25, -0.2) is 13.1 Å². The van der Waals surface area contributed by atoms with Gasteiger partial charge in [0, 0.05) is 5.69 Å². The summed E-state index contributed by atoms with van der Waals surface area (Å²) >= 11 is 11.5. The van der Waals surface area contributed by atoms with Crippen LogP contribution in [0.2, 0.25) is 10.0 Å². The third-order valence-electron chi connectivity index (χ3n) is 4.36. The van der Waals surface area contributed by atoms with Crippen molar-refractivity contribution in [1.82, 2.24) is 9.78 Å². The Labute approximate surface area is 173 Å². The summed E-state index contributed by atoms with van der Waals surface area (Å²) < 4.78 is 26.6. The van der Waals surface area contributed by atoms with E-state index in [1.165, 1.54) is 12.3 Å². The van der Waals surface area contributed by atoms with Crippen LogP contribution < -0.4 is 10.9 Å². The Bertz CT molecular complexity index is 1050. The van der Waals surface area contributed by atoms with Gasteiger partial charge in [0.15, 0.2) is 9.84 Å². The van der Waals surface area contributed by atoms with Crippen molar-refractivity contribution < 1.29 is 13.2 Å². The molecule has 0 unspecified atom stereocenters. The molecule has 0 atom stereocenters. The summed E-state index contributed by atoms with van der Waals surface area (Å²) in [7, 11) is -3.52. The van der Waals surface area contributed by atoms with Gasteiger partial charge in [0.2, 0.25) is 5.91 Å². The lowest BCUT2D eigenvalue weighted by molar-refractivity contribution is -0.117. The summed E-state index contributed by atoms with van der Waals surface area (Å²) in [6.45, 7) is 4.97. The minimum atomic E-state index is -3.52. The van der Waals surface area contributed by atoms with Crippen LogP contribution in [-0.2, 0) is 21.2 Å². The maximum atomic E-state index is 12.9. The standard InChI is InChI=1S/C18H21Cl2N3O4S/c1-4-13(5-2)28(26,27)15-8-12(7-6-11(15)3)22-16(24)10-23-18(25)17(20)14(19)9-21-23/h6-9,13H,4-5,10H2,1-3H3,(H,22,24). The highest BCUT2D eigenvalue weighted by Crippen LogP contribution is 2.26. The van der Waals surface area contributed by atoms with Crippen LogP contribution in [0.15, 0.2) is 34.1 Å². The Kier molecular flexibility index (Phi) is 7.25. The van der Waals surface area contributed by atoms with Crippen LogP contribution in [0.5, 0.6) is 0 Å². The van der Waals surface area contributed by atoms with E-state index in [1.807, 2.05) is 13.8 Å². The molecule has 7 nitrogen and oxygen atoms in total. The van der Waals surface area contributed by atoms with E-state index in [2.05, 4.69) is 10.4 Å². The molecule has 0 saturated carbocycles. The van der Waals surface area contributed by atoms with E-state index < -0.39 is 33.1 Å². The van der Waals surface area contributed by atoms with Crippen molar-refractivity contribution in [2.75, 3.05) is 5.32 Å². The fourth-order valence-corrected chi connectivity index (χ4v) is 5.10. The molecule has 0 fully saturated rings. The molecule has 0 saturated heterocycles. The molecule has 1 amide bonds. The lowest BCUT2D eigenvalue weighted by Gasteiger charge is -2.17. The quantitative estimate of drug-likeness (QED) is 0.703. The van der Waals surface area contributed by atoms with E-state index in [4.69, 9.17) is 23.2 Å². The first kappa shape index (κ1) is 22.4. The molecule has 1 heterocycles. The summed E-state index contributed by atoms with van der Waals surface area (Å²) in [4.78, 5) is 24.4. The number of amides is 1. The SMILES string of the molecule is CCC(CC)S(=O)(=O)c1cc(NC(=O)Cn2ncc(Cl)c(Cl)c2=O)ccc1C. The van der Waals surface area contributed by atoms with E-state index in [1.54, 1.807) is 19.1 Å². The number of carbonyl (C=O) groups is 1. The van der Waals surface area contributed by atoms with Crippen molar-refractivity contribution in [3.63, 3.8) is 0 Å². The predicted octanol–water partition coefficient (Wildman–Crippen LogP) is 3.46. The Morgan fingerprint density at radius 1 is 1.25 bits per heavy atom. The van der Waals surface area contributed by atoms with Gasteiger partial charge < -0.3 is 5.32 Å². The highest BCUT2D eigenvalue weighted by atomic mass is 35.5. The van der Waals surface area contributed by atoms with Gasteiger partial charge in [0.1, 0.15) is 11.6 Å². The Hall–Kier alpha value is -1.90. The topological polar surface area (TPSA) is 98.1 Å². The van der Waals surface area contributed by atoms with Crippen LogP contribution in [0.4, 0.5) is 5.69 Å². The molecule has 0 aliphatic heterocycles. The van der Waals surface area contributed by atoms with Gasteiger partial charge in [0.05, 0.1) is 21.4 Å². The Morgan fingerprint density at radius 3 is 2.50 bits per heavy atom. The zero-order valence-electron chi connectivity index (χ0n) is 15.7. The molecule has 0 radical (unpaired) electrons. The third-order valence-corrected chi connectivity index (χ3v) is 7.71. The lowest BCUT2D eigenvalue weighted by Crippen LogP contribution is -2.30. The molecule has 2 rings (SSSR count). The van der Waals surface area contributed by atoms with Crippen molar-refractivity contribution in [2.24, 2.45) is 0 Å². The van der Waals surface area contributed by atoms with Crippen LogP contribution in [0, 0.1) is 6.92 Å². The molecule has 1 aromatic carbocycles. The molecule has 0 aliphatic carbocycles. The van der Waals surface area contributed by atoms with Crippen LogP contribution in [0.25, 0.3) is 0 Å². The minimum absolute atomic E-state index is 0.00175. The van der Waals surface area contributed by atoms with Crippen LogP contribution >= 0.6 is 23.2 Å². The molecule has 1 N–H and O–H groups in total. The molecule has 28 heavy (non-hydrogen) atoms. The summed E-state index contributed by atoms with van der Waals surface area (Å²) in [5.41, 5.74) is 0.228. The second-order valence-corrected chi connectivity index (χ2v) is 9.26. The first-order valence-corrected chi connectivity index (χ1v) is 11.0. The van der Waals surface area contributed by atoms with Crippen LogP contribution in [-0.4, -0.2) is 29.4 Å². The number of rotatable bonds is 7. The fourth-order valence-electron chi connectivity index (χ4n) is 2.79. The van der Waals surface area contributed by atoms with Gasteiger partial charge in [-0.15, -0.1) is 0 Å². The number of hydrogen-bond acceptors (Lipinski definition) is 5. The molecule has 2 aromatic rings. The zero-order chi connectivity index (χ0) is 21.1. The van der Waals surface area contributed by atoms with Gasteiger partial charge >= 0.3 is 0 Å². The van der Waals surface area contributed by atoms with E-state index in [0.717, 1.165) is 4.68 Å². The van der Waals surface area contributed by atoms with Crippen LogP contribution in [0.3, 0.4) is 0 Å².